The Balaban J connectivity index is 2.77. The van der Waals surface area contributed by atoms with E-state index in [2.05, 4.69) is 15.6 Å². The maximum absolute atomic E-state index is 12.9. The maximum Gasteiger partial charge on any atom is 0.416 e. The van der Waals surface area contributed by atoms with Crippen LogP contribution in [0.5, 0.6) is 0 Å². The fraction of sp³-hybridized carbons (Fsp3) is 0.231. The normalized spacial score (nSPS) is 13.4. The number of anilines is 1. The highest BCUT2D eigenvalue weighted by molar-refractivity contribution is 7.91. The van der Waals surface area contributed by atoms with Crippen LogP contribution in [0.2, 0.25) is 10.0 Å². The lowest BCUT2D eigenvalue weighted by Crippen LogP contribution is -2.09. The summed E-state index contributed by atoms with van der Waals surface area (Å²) in [6, 6.07) is 1.43. The van der Waals surface area contributed by atoms with Gasteiger partial charge in [0.1, 0.15) is 11.9 Å². The van der Waals surface area contributed by atoms with Crippen molar-refractivity contribution >= 4 is 46.4 Å². The summed E-state index contributed by atoms with van der Waals surface area (Å²) < 4.78 is 51.7. The van der Waals surface area contributed by atoms with Gasteiger partial charge in [0.25, 0.3) is 0 Å². The van der Waals surface area contributed by atoms with E-state index in [1.165, 1.54) is 13.3 Å². The van der Waals surface area contributed by atoms with Crippen LogP contribution in [0.25, 0.3) is 5.69 Å². The van der Waals surface area contributed by atoms with Crippen molar-refractivity contribution in [3.63, 3.8) is 0 Å². The van der Waals surface area contributed by atoms with Gasteiger partial charge in [-0.15, -0.1) is 0 Å². The highest BCUT2D eigenvalue weighted by Crippen LogP contribution is 2.39. The Bertz CT molecular complexity index is 801. The van der Waals surface area contributed by atoms with Crippen molar-refractivity contribution < 1.29 is 22.9 Å². The first kappa shape index (κ1) is 19.7. The highest BCUT2D eigenvalue weighted by Gasteiger charge is 2.33. The molecule has 6 nitrogen and oxygen atoms in total. The van der Waals surface area contributed by atoms with Gasteiger partial charge in [-0.2, -0.15) is 18.3 Å². The number of hydrogen-bond donors (Lipinski definition) is 2. The predicted molar refractivity (Wildman–Crippen MR) is 89.8 cm³/mol. The minimum Gasteiger partial charge on any atom is -0.611 e. The lowest BCUT2D eigenvalue weighted by molar-refractivity contribution is -0.137. The molecule has 136 valence electrons. The zero-order valence-electron chi connectivity index (χ0n) is 12.7. The molecule has 0 spiro atoms. The van der Waals surface area contributed by atoms with Crippen molar-refractivity contribution in [1.29, 1.82) is 0 Å². The monoisotopic (exact) mass is 414 g/mol. The first-order valence-electron chi connectivity index (χ1n) is 6.50. The van der Waals surface area contributed by atoms with E-state index >= 15 is 0 Å². The van der Waals surface area contributed by atoms with E-state index in [0.717, 1.165) is 10.9 Å². The first-order chi connectivity index (χ1) is 11.6. The van der Waals surface area contributed by atoms with Gasteiger partial charge < -0.3 is 15.1 Å². The number of oxime groups is 1. The number of halogens is 5. The molecule has 25 heavy (non-hydrogen) atoms. The summed E-state index contributed by atoms with van der Waals surface area (Å²) in [5, 5.41) is 17.8. The van der Waals surface area contributed by atoms with Gasteiger partial charge in [-0.25, -0.2) is 4.68 Å². The third-order valence-electron chi connectivity index (χ3n) is 3.13. The molecule has 0 bridgehead atoms. The van der Waals surface area contributed by atoms with Crippen LogP contribution in [0.1, 0.15) is 11.3 Å². The predicted octanol–water partition coefficient (Wildman–Crippen LogP) is 3.79. The van der Waals surface area contributed by atoms with Gasteiger partial charge in [-0.1, -0.05) is 28.4 Å². The molecule has 1 aromatic carbocycles. The average molecular weight is 415 g/mol. The van der Waals surface area contributed by atoms with E-state index in [0.29, 0.717) is 12.1 Å². The maximum atomic E-state index is 12.9. The minimum atomic E-state index is -4.62. The highest BCUT2D eigenvalue weighted by atomic mass is 35.5. The Morgan fingerprint density at radius 1 is 1.36 bits per heavy atom. The van der Waals surface area contributed by atoms with Crippen LogP contribution in [0.15, 0.2) is 22.2 Å². The van der Waals surface area contributed by atoms with Crippen LogP contribution in [-0.2, 0) is 17.4 Å². The van der Waals surface area contributed by atoms with Crippen LogP contribution in [-0.4, -0.2) is 39.1 Å². The third-order valence-corrected chi connectivity index (χ3v) is 4.68. The van der Waals surface area contributed by atoms with Crippen LogP contribution >= 0.6 is 23.2 Å². The van der Waals surface area contributed by atoms with Crippen molar-refractivity contribution in [2.75, 3.05) is 18.6 Å². The summed E-state index contributed by atoms with van der Waals surface area (Å²) >= 11 is 10.4. The van der Waals surface area contributed by atoms with Crippen molar-refractivity contribution in [2.24, 2.45) is 5.16 Å². The van der Waals surface area contributed by atoms with E-state index in [4.69, 9.17) is 28.4 Å². The molecule has 0 saturated carbocycles. The quantitative estimate of drug-likeness (QED) is 0.345. The second kappa shape index (κ2) is 7.32. The molecule has 12 heteroatoms. The van der Waals surface area contributed by atoms with Gasteiger partial charge in [0, 0.05) is 7.05 Å². The molecule has 0 aliphatic rings. The van der Waals surface area contributed by atoms with Crippen LogP contribution in [0.3, 0.4) is 0 Å². The second-order valence-corrected chi connectivity index (χ2v) is 6.84. The van der Waals surface area contributed by atoms with E-state index in [9.17, 15) is 17.7 Å². The summed E-state index contributed by atoms with van der Waals surface area (Å²) in [5.41, 5.74) is -1.01. The molecule has 0 saturated heterocycles. The number of alkyl halides is 3. The molecule has 0 aliphatic heterocycles. The van der Waals surface area contributed by atoms with E-state index < -0.39 is 22.9 Å². The van der Waals surface area contributed by atoms with Crippen LogP contribution in [0, 0.1) is 0 Å². The molecule has 2 N–H and O–H groups in total. The number of benzene rings is 1. The van der Waals surface area contributed by atoms with Gasteiger partial charge in [0.15, 0.2) is 11.5 Å². The molecule has 0 radical (unpaired) electrons. The standard InChI is InChI=1S/C13H11Cl2F3N4O2S/c1-19-12-11(25(2)24)9(5-20-23)21-22(12)10-7(14)3-6(4-8(10)15)13(16,17)18/h3-5,19,23H,1-2H3. The number of nitrogens with one attached hydrogen (secondary N) is 1. The van der Waals surface area contributed by atoms with Crippen LogP contribution in [0.4, 0.5) is 19.0 Å². The van der Waals surface area contributed by atoms with Gasteiger partial charge in [-0.05, 0) is 23.3 Å². The van der Waals surface area contributed by atoms with Gasteiger partial charge in [0.05, 0.1) is 21.8 Å². The molecule has 2 aromatic rings. The summed E-state index contributed by atoms with van der Waals surface area (Å²) in [7, 11) is 1.50. The molecule has 0 fully saturated rings. The number of nitrogens with zero attached hydrogens (tertiary/aromatic N) is 3. The SMILES string of the molecule is CNc1c([S+](C)[O-])c(C=NO)nn1-c1c(Cl)cc(C(F)(F)F)cc1Cl. The van der Waals surface area contributed by atoms with Crippen LogP contribution < -0.4 is 5.32 Å². The van der Waals surface area contributed by atoms with E-state index in [-0.39, 0.29) is 32.1 Å². The number of rotatable bonds is 4. The van der Waals surface area contributed by atoms with Gasteiger partial charge in [0.2, 0.25) is 4.90 Å². The zero-order chi connectivity index (χ0) is 18.9. The second-order valence-electron chi connectivity index (χ2n) is 4.71. The molecule has 1 heterocycles. The summed E-state index contributed by atoms with van der Waals surface area (Å²) in [6.07, 6.45) is -2.31. The molecule has 0 aliphatic carbocycles. The molecular weight excluding hydrogens is 404 g/mol. The Morgan fingerprint density at radius 3 is 2.32 bits per heavy atom. The van der Waals surface area contributed by atoms with E-state index in [1.54, 1.807) is 0 Å². The Morgan fingerprint density at radius 2 is 1.92 bits per heavy atom. The van der Waals surface area contributed by atoms with Gasteiger partial charge in [-0.3, -0.25) is 0 Å². The average Bonchev–Trinajstić information content (AvgIpc) is 2.84. The Kier molecular flexibility index (Phi) is 5.77. The molecule has 0 amide bonds. The number of aromatic nitrogens is 2. The minimum absolute atomic E-state index is 0.0371. The summed E-state index contributed by atoms with van der Waals surface area (Å²) in [4.78, 5) is 0.173. The third kappa shape index (κ3) is 3.81. The molecule has 1 aromatic heterocycles. The first-order valence-corrected chi connectivity index (χ1v) is 8.81. The summed E-state index contributed by atoms with van der Waals surface area (Å²) in [5.74, 6) is 0.180. The molecular formula is C13H11Cl2F3N4O2S. The Labute approximate surface area is 153 Å². The van der Waals surface area contributed by atoms with Crippen molar-refractivity contribution in [3.8, 4) is 5.69 Å². The number of hydrogen-bond acceptors (Lipinski definition) is 5. The smallest absolute Gasteiger partial charge is 0.416 e. The van der Waals surface area contributed by atoms with Gasteiger partial charge >= 0.3 is 6.18 Å². The Hall–Kier alpha value is -1.62. The topological polar surface area (TPSA) is 85.5 Å². The molecule has 1 unspecified atom stereocenters. The summed E-state index contributed by atoms with van der Waals surface area (Å²) in [6.45, 7) is 0. The van der Waals surface area contributed by atoms with Crippen molar-refractivity contribution in [1.82, 2.24) is 9.78 Å². The lowest BCUT2D eigenvalue weighted by atomic mass is 10.2. The fourth-order valence-electron chi connectivity index (χ4n) is 2.16. The van der Waals surface area contributed by atoms with E-state index in [1.807, 2.05) is 0 Å². The fourth-order valence-corrected chi connectivity index (χ4v) is 3.65. The lowest BCUT2D eigenvalue weighted by Gasteiger charge is -2.14. The van der Waals surface area contributed by atoms with Crippen molar-refractivity contribution in [2.45, 2.75) is 11.1 Å². The zero-order valence-corrected chi connectivity index (χ0v) is 15.1. The van der Waals surface area contributed by atoms with Crippen molar-refractivity contribution in [3.05, 3.63) is 33.4 Å². The molecule has 2 rings (SSSR count). The largest absolute Gasteiger partial charge is 0.611 e. The molecule has 1 atom stereocenters.